The molecule has 1 aliphatic heterocycles. The molecule has 0 radical (unpaired) electrons. The van der Waals surface area contributed by atoms with Crippen LogP contribution >= 0.6 is 11.8 Å². The molecule has 1 fully saturated rings. The van der Waals surface area contributed by atoms with E-state index in [9.17, 15) is 0 Å². The van der Waals surface area contributed by atoms with Gasteiger partial charge in [0.1, 0.15) is 0 Å². The number of aromatic nitrogens is 2. The van der Waals surface area contributed by atoms with Crippen LogP contribution in [0.1, 0.15) is 54.4 Å². The number of hydrogen-bond donors (Lipinski definition) is 0. The molecule has 2 atom stereocenters. The first-order valence-corrected chi connectivity index (χ1v) is 8.33. The van der Waals surface area contributed by atoms with Gasteiger partial charge in [0.2, 0.25) is 0 Å². The molecule has 1 saturated heterocycles. The van der Waals surface area contributed by atoms with Crippen LogP contribution in [0.2, 0.25) is 0 Å². The number of nitrogens with zero attached hydrogens (tertiary/aromatic N) is 3. The first kappa shape index (κ1) is 19.4. The van der Waals surface area contributed by atoms with Crippen molar-refractivity contribution in [1.82, 2.24) is 14.9 Å². The molecule has 1 aromatic heterocycles. The van der Waals surface area contributed by atoms with Crippen LogP contribution in [0.4, 0.5) is 0 Å². The Bertz CT molecular complexity index is 322. The number of thioether (sulfide) groups is 1. The van der Waals surface area contributed by atoms with Gasteiger partial charge in [-0.15, -0.1) is 0 Å². The van der Waals surface area contributed by atoms with E-state index in [1.165, 1.54) is 25.8 Å². The molecule has 0 saturated carbocycles. The molecule has 2 rings (SSSR count). The van der Waals surface area contributed by atoms with Crippen LogP contribution in [0, 0.1) is 0 Å². The van der Waals surface area contributed by atoms with Gasteiger partial charge < -0.3 is 0 Å². The van der Waals surface area contributed by atoms with Crippen molar-refractivity contribution in [3.05, 3.63) is 18.5 Å². The Morgan fingerprint density at radius 1 is 1.15 bits per heavy atom. The second kappa shape index (κ2) is 11.1. The average Bonchev–Trinajstić information content (AvgIpc) is 2.41. The van der Waals surface area contributed by atoms with Crippen molar-refractivity contribution in [2.45, 2.75) is 71.6 Å². The highest BCUT2D eigenvalue weighted by Crippen LogP contribution is 2.21. The van der Waals surface area contributed by atoms with Crippen LogP contribution in [0.3, 0.4) is 0 Å². The second-order valence-electron chi connectivity index (χ2n) is 4.92. The van der Waals surface area contributed by atoms with E-state index >= 15 is 0 Å². The van der Waals surface area contributed by atoms with E-state index in [4.69, 9.17) is 0 Å². The summed E-state index contributed by atoms with van der Waals surface area (Å²) in [5.41, 5.74) is 0. The lowest BCUT2D eigenvalue weighted by atomic mass is 9.98. The highest BCUT2D eigenvalue weighted by Gasteiger charge is 2.22. The quantitative estimate of drug-likeness (QED) is 0.607. The number of hydrogen-bond acceptors (Lipinski definition) is 4. The summed E-state index contributed by atoms with van der Waals surface area (Å²) in [4.78, 5) is 10.6. The van der Waals surface area contributed by atoms with Gasteiger partial charge in [-0.3, -0.25) is 4.90 Å². The van der Waals surface area contributed by atoms with Crippen molar-refractivity contribution in [3.8, 4) is 0 Å². The molecule has 2 unspecified atom stereocenters. The Hall–Kier alpha value is -0.610. The molecule has 0 bridgehead atoms. The lowest BCUT2D eigenvalue weighted by Crippen LogP contribution is -2.43. The predicted octanol–water partition coefficient (Wildman–Crippen LogP) is 4.49. The molecule has 1 aromatic rings. The van der Waals surface area contributed by atoms with Crippen LogP contribution in [0.5, 0.6) is 0 Å². The average molecular weight is 298 g/mol. The molecular weight excluding hydrogens is 266 g/mol. The summed E-state index contributed by atoms with van der Waals surface area (Å²) < 4.78 is 0. The minimum atomic E-state index is 0. The van der Waals surface area contributed by atoms with Gasteiger partial charge in [0.15, 0.2) is 5.16 Å². The number of likely N-dealkylation sites (tertiary alicyclic amines) is 1. The summed E-state index contributed by atoms with van der Waals surface area (Å²) in [6, 6.07) is 3.47. The maximum absolute atomic E-state index is 4.02. The monoisotopic (exact) mass is 297 g/mol. The van der Waals surface area contributed by atoms with Crippen molar-refractivity contribution in [2.24, 2.45) is 0 Å². The normalized spacial score (nSPS) is 22.4. The molecule has 20 heavy (non-hydrogen) atoms. The number of rotatable bonds is 3. The maximum Gasteiger partial charge on any atom is 0.187 e. The molecule has 1 aliphatic rings. The van der Waals surface area contributed by atoms with Crippen molar-refractivity contribution in [2.75, 3.05) is 12.3 Å². The molecule has 0 aromatic carbocycles. The van der Waals surface area contributed by atoms with Crippen molar-refractivity contribution >= 4 is 11.8 Å². The zero-order valence-electron chi connectivity index (χ0n) is 12.7. The lowest BCUT2D eigenvalue weighted by molar-refractivity contribution is 0.111. The smallest absolute Gasteiger partial charge is 0.187 e. The first-order valence-electron chi connectivity index (χ1n) is 7.34. The van der Waals surface area contributed by atoms with Gasteiger partial charge in [0.05, 0.1) is 0 Å². The van der Waals surface area contributed by atoms with Gasteiger partial charge in [0.25, 0.3) is 0 Å². The Labute approximate surface area is 129 Å². The molecular formula is C16H31N3S. The van der Waals surface area contributed by atoms with Gasteiger partial charge in [-0.05, 0) is 45.1 Å². The Morgan fingerprint density at radius 3 is 2.10 bits per heavy atom. The van der Waals surface area contributed by atoms with E-state index in [-0.39, 0.29) is 7.43 Å². The minimum absolute atomic E-state index is 0. The fraction of sp³-hybridized carbons (Fsp3) is 0.750. The predicted molar refractivity (Wildman–Crippen MR) is 90.3 cm³/mol. The van der Waals surface area contributed by atoms with E-state index < -0.39 is 0 Å². The third kappa shape index (κ3) is 6.71. The summed E-state index contributed by atoms with van der Waals surface area (Å²) in [6.07, 6.45) is 7.74. The van der Waals surface area contributed by atoms with E-state index in [0.717, 1.165) is 23.0 Å². The minimum Gasteiger partial charge on any atom is -0.298 e. The van der Waals surface area contributed by atoms with Gasteiger partial charge in [0, 0.05) is 24.5 Å². The van der Waals surface area contributed by atoms with Crippen LogP contribution in [0.25, 0.3) is 0 Å². The summed E-state index contributed by atoms with van der Waals surface area (Å²) in [5, 5.41) is 0.861. The summed E-state index contributed by atoms with van der Waals surface area (Å²) >= 11 is 1.65. The molecule has 4 heteroatoms. The summed E-state index contributed by atoms with van der Waals surface area (Å²) in [7, 11) is 0. The SMILES string of the molecule is C.CCN1C(C)CCCC1C.CCSc1ncccn1. The van der Waals surface area contributed by atoms with Crippen LogP contribution in [-0.4, -0.2) is 39.2 Å². The zero-order chi connectivity index (χ0) is 14.1. The van der Waals surface area contributed by atoms with Crippen molar-refractivity contribution in [3.63, 3.8) is 0 Å². The molecule has 0 spiro atoms. The zero-order valence-corrected chi connectivity index (χ0v) is 13.5. The summed E-state index contributed by atoms with van der Waals surface area (Å²) in [5.74, 6) is 1.03. The van der Waals surface area contributed by atoms with Crippen molar-refractivity contribution < 1.29 is 0 Å². The van der Waals surface area contributed by atoms with Crippen LogP contribution in [0.15, 0.2) is 23.6 Å². The van der Waals surface area contributed by atoms with Gasteiger partial charge in [-0.2, -0.15) is 0 Å². The van der Waals surface area contributed by atoms with Gasteiger partial charge >= 0.3 is 0 Å². The molecule has 3 nitrogen and oxygen atoms in total. The summed E-state index contributed by atoms with van der Waals surface area (Å²) in [6.45, 7) is 10.3. The third-order valence-corrected chi connectivity index (χ3v) is 4.31. The third-order valence-electron chi connectivity index (χ3n) is 3.56. The molecule has 116 valence electrons. The topological polar surface area (TPSA) is 29.0 Å². The molecule has 0 aliphatic carbocycles. The van der Waals surface area contributed by atoms with E-state index in [1.807, 2.05) is 6.07 Å². The second-order valence-corrected chi connectivity index (χ2v) is 6.15. The lowest BCUT2D eigenvalue weighted by Gasteiger charge is -2.38. The van der Waals surface area contributed by atoms with E-state index in [1.54, 1.807) is 24.2 Å². The molecule has 0 amide bonds. The Morgan fingerprint density at radius 2 is 1.70 bits per heavy atom. The largest absolute Gasteiger partial charge is 0.298 e. The fourth-order valence-electron chi connectivity index (χ4n) is 2.59. The maximum atomic E-state index is 4.02. The fourth-order valence-corrected chi connectivity index (χ4v) is 3.12. The number of piperidine rings is 1. The van der Waals surface area contributed by atoms with Crippen LogP contribution in [-0.2, 0) is 0 Å². The highest BCUT2D eigenvalue weighted by atomic mass is 32.2. The molecule has 0 N–H and O–H groups in total. The van der Waals surface area contributed by atoms with Crippen molar-refractivity contribution in [1.29, 1.82) is 0 Å². The Balaban J connectivity index is 0.000000345. The Kier molecular flexibility index (Phi) is 10.8. The van der Waals surface area contributed by atoms with E-state index in [2.05, 4.69) is 42.6 Å². The van der Waals surface area contributed by atoms with Gasteiger partial charge in [-0.25, -0.2) is 9.97 Å². The van der Waals surface area contributed by atoms with Crippen LogP contribution < -0.4 is 0 Å². The molecule has 2 heterocycles. The standard InChI is InChI=1S/C9H19N.C6H8N2S.CH4/c1-4-10-8(2)6-5-7-9(10)3;1-2-9-6-7-4-3-5-8-6;/h8-9H,4-7H2,1-3H3;3-5H,2H2,1H3;1H4. The first-order chi connectivity index (χ1) is 9.19. The van der Waals surface area contributed by atoms with Gasteiger partial charge in [-0.1, -0.05) is 39.5 Å². The highest BCUT2D eigenvalue weighted by molar-refractivity contribution is 7.99. The van der Waals surface area contributed by atoms with E-state index in [0.29, 0.717) is 0 Å².